The first-order valence-electron chi connectivity index (χ1n) is 2.80. The minimum Gasteiger partial charge on any atom is -0.323 e. The molecule has 1 aliphatic heterocycles. The summed E-state index contributed by atoms with van der Waals surface area (Å²) in [7, 11) is 0. The zero-order valence-corrected chi connectivity index (χ0v) is 5.42. The van der Waals surface area contributed by atoms with E-state index in [0.717, 1.165) is 0 Å². The number of amides is 3. The van der Waals surface area contributed by atoms with Gasteiger partial charge in [0.05, 0.1) is 0 Å². The molecular weight excluding hydrogens is 134 g/mol. The van der Waals surface area contributed by atoms with E-state index in [9.17, 15) is 9.59 Å². The van der Waals surface area contributed by atoms with Crippen LogP contribution in [0.1, 0.15) is 6.92 Å². The van der Waals surface area contributed by atoms with Crippen LogP contribution in [0.15, 0.2) is 4.99 Å². The summed E-state index contributed by atoms with van der Waals surface area (Å²) in [6, 6.07) is -1.11. The van der Waals surface area contributed by atoms with Gasteiger partial charge in [-0.2, -0.15) is 4.99 Å². The van der Waals surface area contributed by atoms with Crippen molar-refractivity contribution in [3.8, 4) is 0 Å². The third kappa shape index (κ3) is 1.03. The molecule has 0 saturated carbocycles. The molecule has 0 radical (unpaired) electrons. The second kappa shape index (κ2) is 2.18. The van der Waals surface area contributed by atoms with Crippen LogP contribution in [0.4, 0.5) is 4.79 Å². The Kier molecular flexibility index (Phi) is 1.50. The van der Waals surface area contributed by atoms with Crippen LogP contribution in [-0.4, -0.2) is 23.7 Å². The summed E-state index contributed by atoms with van der Waals surface area (Å²) in [6.45, 7) is 1.59. The third-order valence-corrected chi connectivity index (χ3v) is 1.11. The Morgan fingerprint density at radius 1 is 1.60 bits per heavy atom. The summed E-state index contributed by atoms with van der Waals surface area (Å²) in [6.07, 6.45) is 0. The van der Waals surface area contributed by atoms with Crippen LogP contribution in [0.3, 0.4) is 0 Å². The Labute approximate surface area is 57.3 Å². The summed E-state index contributed by atoms with van der Waals surface area (Å²) in [4.78, 5) is 24.4. The predicted octanol–water partition coefficient (Wildman–Crippen LogP) is -0.976. The van der Waals surface area contributed by atoms with Crippen molar-refractivity contribution in [2.45, 2.75) is 13.0 Å². The van der Waals surface area contributed by atoms with Crippen molar-refractivity contribution in [2.24, 2.45) is 10.7 Å². The molecule has 3 N–H and O–H groups in total. The smallest absolute Gasteiger partial charge is 0.323 e. The van der Waals surface area contributed by atoms with Gasteiger partial charge >= 0.3 is 6.03 Å². The van der Waals surface area contributed by atoms with E-state index < -0.39 is 18.0 Å². The maximum atomic E-state index is 10.7. The molecule has 5 heteroatoms. The molecule has 0 bridgehead atoms. The summed E-state index contributed by atoms with van der Waals surface area (Å²) in [5.74, 6) is -0.486. The normalized spacial score (nSPS) is 20.4. The lowest BCUT2D eigenvalue weighted by Gasteiger charge is -1.98. The highest BCUT2D eigenvalue weighted by Gasteiger charge is 2.25. The Balaban J connectivity index is 2.85. The Morgan fingerprint density at radius 3 is 2.40 bits per heavy atom. The van der Waals surface area contributed by atoms with E-state index in [1.165, 1.54) is 0 Å². The number of aliphatic imine (C=N–C) groups is 1. The Bertz CT molecular complexity index is 219. The van der Waals surface area contributed by atoms with Crippen molar-refractivity contribution in [2.75, 3.05) is 0 Å². The summed E-state index contributed by atoms with van der Waals surface area (Å²) >= 11 is 0. The lowest BCUT2D eigenvalue weighted by molar-refractivity contribution is -0.113. The molecule has 0 saturated heterocycles. The zero-order chi connectivity index (χ0) is 7.72. The molecule has 0 unspecified atom stereocenters. The summed E-state index contributed by atoms with van der Waals surface area (Å²) in [5, 5.41) is 1.99. The standard InChI is InChI=1S/C5H7N3O2/c1-2(6)3-4(9)8-5(10)7-3/h2H,6H2,1H3,(H,8,9,10)/t2-/m1/s1. The maximum absolute atomic E-state index is 10.7. The predicted molar refractivity (Wildman–Crippen MR) is 34.6 cm³/mol. The number of nitrogens with zero attached hydrogens (tertiary/aromatic N) is 1. The molecule has 0 spiro atoms. The average Bonchev–Trinajstić information content (AvgIpc) is 2.10. The molecule has 1 aliphatic rings. The number of carbonyl (C=O) groups excluding carboxylic acids is 2. The van der Waals surface area contributed by atoms with Crippen LogP contribution in [0.2, 0.25) is 0 Å². The highest BCUT2D eigenvalue weighted by Crippen LogP contribution is 1.94. The second-order valence-corrected chi connectivity index (χ2v) is 2.04. The van der Waals surface area contributed by atoms with Crippen LogP contribution in [-0.2, 0) is 4.79 Å². The van der Waals surface area contributed by atoms with Gasteiger partial charge in [-0.05, 0) is 6.92 Å². The number of imide groups is 1. The molecule has 0 aromatic heterocycles. The van der Waals surface area contributed by atoms with E-state index in [0.29, 0.717) is 0 Å². The molecule has 1 atom stereocenters. The van der Waals surface area contributed by atoms with Gasteiger partial charge in [-0.3, -0.25) is 10.1 Å². The fraction of sp³-hybridized carbons (Fsp3) is 0.400. The van der Waals surface area contributed by atoms with Gasteiger partial charge in [0.1, 0.15) is 5.71 Å². The fourth-order valence-corrected chi connectivity index (χ4v) is 0.658. The second-order valence-electron chi connectivity index (χ2n) is 2.04. The van der Waals surface area contributed by atoms with Crippen molar-refractivity contribution in [1.29, 1.82) is 0 Å². The zero-order valence-electron chi connectivity index (χ0n) is 5.42. The SMILES string of the molecule is C[C@@H](N)C1=NC(=O)NC1=O. The van der Waals surface area contributed by atoms with Gasteiger partial charge in [0.2, 0.25) is 0 Å². The summed E-state index contributed by atoms with van der Waals surface area (Å²) in [5.41, 5.74) is 5.41. The number of hydrogen-bond acceptors (Lipinski definition) is 3. The monoisotopic (exact) mass is 141 g/mol. The highest BCUT2D eigenvalue weighted by molar-refractivity contribution is 6.47. The van der Waals surface area contributed by atoms with Gasteiger partial charge in [0.15, 0.2) is 0 Å². The van der Waals surface area contributed by atoms with Crippen molar-refractivity contribution in [3.63, 3.8) is 0 Å². The fourth-order valence-electron chi connectivity index (χ4n) is 0.658. The molecule has 1 rings (SSSR count). The van der Waals surface area contributed by atoms with E-state index in [1.807, 2.05) is 5.32 Å². The number of rotatable bonds is 1. The van der Waals surface area contributed by atoms with Crippen LogP contribution < -0.4 is 11.1 Å². The molecule has 1 heterocycles. The van der Waals surface area contributed by atoms with Gasteiger partial charge in [0.25, 0.3) is 5.91 Å². The molecular formula is C5H7N3O2. The molecule has 0 aromatic carbocycles. The Morgan fingerprint density at radius 2 is 2.20 bits per heavy atom. The molecule has 54 valence electrons. The first kappa shape index (κ1) is 6.88. The van der Waals surface area contributed by atoms with Gasteiger partial charge < -0.3 is 5.73 Å². The van der Waals surface area contributed by atoms with E-state index in [4.69, 9.17) is 5.73 Å². The van der Waals surface area contributed by atoms with Gasteiger partial charge in [-0.1, -0.05) is 0 Å². The molecule has 0 aromatic rings. The lowest BCUT2D eigenvalue weighted by atomic mass is 10.2. The lowest BCUT2D eigenvalue weighted by Crippen LogP contribution is -2.35. The molecule has 3 amide bonds. The highest BCUT2D eigenvalue weighted by atomic mass is 16.2. The first-order chi connectivity index (χ1) is 4.61. The van der Waals surface area contributed by atoms with Crippen LogP contribution in [0.5, 0.6) is 0 Å². The summed E-state index contributed by atoms with van der Waals surface area (Å²) < 4.78 is 0. The molecule has 0 aliphatic carbocycles. The molecule has 5 nitrogen and oxygen atoms in total. The van der Waals surface area contributed by atoms with Gasteiger partial charge in [-0.15, -0.1) is 0 Å². The van der Waals surface area contributed by atoms with Crippen molar-refractivity contribution >= 4 is 17.6 Å². The van der Waals surface area contributed by atoms with Crippen LogP contribution >= 0.6 is 0 Å². The topological polar surface area (TPSA) is 84.5 Å². The number of nitrogens with two attached hydrogens (primary N) is 1. The van der Waals surface area contributed by atoms with Crippen LogP contribution in [0, 0.1) is 0 Å². The third-order valence-electron chi connectivity index (χ3n) is 1.11. The van der Waals surface area contributed by atoms with E-state index in [-0.39, 0.29) is 5.71 Å². The minimum absolute atomic E-state index is 0.102. The van der Waals surface area contributed by atoms with Gasteiger partial charge in [-0.25, -0.2) is 4.79 Å². The maximum Gasteiger partial charge on any atom is 0.348 e. The number of carbonyl (C=O) groups is 2. The molecule has 0 fully saturated rings. The first-order valence-corrected chi connectivity index (χ1v) is 2.80. The van der Waals surface area contributed by atoms with E-state index in [1.54, 1.807) is 6.92 Å². The average molecular weight is 141 g/mol. The van der Waals surface area contributed by atoms with Crippen LogP contribution in [0.25, 0.3) is 0 Å². The van der Waals surface area contributed by atoms with E-state index >= 15 is 0 Å². The van der Waals surface area contributed by atoms with Crippen molar-refractivity contribution in [3.05, 3.63) is 0 Å². The minimum atomic E-state index is -0.627. The van der Waals surface area contributed by atoms with E-state index in [2.05, 4.69) is 4.99 Å². The number of hydrogen-bond donors (Lipinski definition) is 2. The quantitative estimate of drug-likeness (QED) is 0.492. The molecule has 10 heavy (non-hydrogen) atoms. The van der Waals surface area contributed by atoms with Crippen molar-refractivity contribution in [1.82, 2.24) is 5.32 Å². The number of nitrogens with one attached hydrogen (secondary N) is 1. The number of urea groups is 1. The Hall–Kier alpha value is -1.23. The van der Waals surface area contributed by atoms with Crippen molar-refractivity contribution < 1.29 is 9.59 Å². The largest absolute Gasteiger partial charge is 0.348 e. The van der Waals surface area contributed by atoms with Gasteiger partial charge in [0, 0.05) is 6.04 Å².